The number of pyridine rings is 1. The third-order valence-electron chi connectivity index (χ3n) is 7.64. The Morgan fingerprint density at radius 2 is 2.00 bits per heavy atom. The molecule has 0 radical (unpaired) electrons. The number of carbonyl (C=O) groups is 1. The van der Waals surface area contributed by atoms with Gasteiger partial charge in [0.1, 0.15) is 5.82 Å². The van der Waals surface area contributed by atoms with Crippen LogP contribution in [0.25, 0.3) is 27.8 Å². The van der Waals surface area contributed by atoms with E-state index < -0.39 is 16.8 Å². The fourth-order valence-electron chi connectivity index (χ4n) is 5.54. The van der Waals surface area contributed by atoms with Gasteiger partial charge in [-0.05, 0) is 68.9 Å². The van der Waals surface area contributed by atoms with Crippen molar-refractivity contribution in [3.8, 4) is 11.8 Å². The average Bonchev–Trinajstić information content (AvgIpc) is 3.41. The summed E-state index contributed by atoms with van der Waals surface area (Å²) in [7, 11) is 0. The van der Waals surface area contributed by atoms with Gasteiger partial charge in [-0.25, -0.2) is 9.37 Å². The maximum Gasteiger partial charge on any atom is 0.309 e. The Morgan fingerprint density at radius 3 is 2.63 bits per heavy atom. The molecule has 0 unspecified atom stereocenters. The number of aliphatic carboxylic acids is 1. The average molecular weight is 474 g/mol. The smallest absolute Gasteiger partial charge is 0.309 e. The number of hydrogen-bond acceptors (Lipinski definition) is 4. The van der Waals surface area contributed by atoms with Gasteiger partial charge >= 0.3 is 5.97 Å². The van der Waals surface area contributed by atoms with Crippen LogP contribution in [-0.2, 0) is 10.2 Å². The molecule has 180 valence electrons. The maximum atomic E-state index is 13.8. The number of rotatable bonds is 5. The van der Waals surface area contributed by atoms with Crippen LogP contribution in [0.2, 0.25) is 0 Å². The maximum absolute atomic E-state index is 13.8. The number of nitrogens with zero attached hydrogens (tertiary/aromatic N) is 4. The molecule has 3 aromatic heterocycles. The molecule has 1 fully saturated rings. The number of nitriles is 1. The first-order valence-electron chi connectivity index (χ1n) is 11.9. The normalized spacial score (nSPS) is 20.8. The van der Waals surface area contributed by atoms with E-state index >= 15 is 0 Å². The van der Waals surface area contributed by atoms with Crippen LogP contribution < -0.4 is 0 Å². The lowest BCUT2D eigenvalue weighted by atomic mass is 9.68. The van der Waals surface area contributed by atoms with Crippen molar-refractivity contribution in [1.29, 1.82) is 5.26 Å². The molecule has 0 aliphatic heterocycles. The Balaban J connectivity index is 1.82. The number of hydrogen-bond donors (Lipinski definition) is 2. The van der Waals surface area contributed by atoms with Gasteiger partial charge in [0, 0.05) is 34.2 Å². The number of aromatic nitrogens is 4. The monoisotopic (exact) mass is 473 g/mol. The summed E-state index contributed by atoms with van der Waals surface area (Å²) in [5.41, 5.74) is 3.90. The Bertz CT molecular complexity index is 1470. The molecule has 1 aliphatic rings. The minimum atomic E-state index is -0.757. The van der Waals surface area contributed by atoms with Gasteiger partial charge in [-0.15, -0.1) is 0 Å². The summed E-state index contributed by atoms with van der Waals surface area (Å²) in [5, 5.41) is 27.4. The SMILES string of the molecule is CC1(C(=O)O)CCC(c2c(C(C)(C)CC#N)n(-c3ccc(F)cc3)c3cc4cn[nH]c4nc23)CC1. The van der Waals surface area contributed by atoms with E-state index in [1.807, 2.05) is 26.8 Å². The molecule has 3 heterocycles. The zero-order valence-corrected chi connectivity index (χ0v) is 20.1. The van der Waals surface area contributed by atoms with Crippen molar-refractivity contribution in [1.82, 2.24) is 19.7 Å². The summed E-state index contributed by atoms with van der Waals surface area (Å²) < 4.78 is 16.0. The van der Waals surface area contributed by atoms with Crippen molar-refractivity contribution < 1.29 is 14.3 Å². The standard InChI is InChI=1S/C27H28FN5O2/c1-26(2,12-13-29)23-21(16-8-10-27(3,11-9-16)25(34)35)22-20(14-17-15-30-32-24(17)31-22)33(23)19-6-4-18(28)5-7-19/h4-7,14-16H,8-12H2,1-3H3,(H,34,35)(H,30,31,32). The molecular formula is C27H28FN5O2. The van der Waals surface area contributed by atoms with Crippen LogP contribution in [-0.4, -0.2) is 30.8 Å². The van der Waals surface area contributed by atoms with E-state index in [2.05, 4.69) is 20.8 Å². The van der Waals surface area contributed by atoms with E-state index in [9.17, 15) is 19.6 Å². The highest BCUT2D eigenvalue weighted by atomic mass is 19.1. The molecule has 1 saturated carbocycles. The molecule has 1 aliphatic carbocycles. The minimum Gasteiger partial charge on any atom is -0.481 e. The first kappa shape index (κ1) is 23.0. The summed E-state index contributed by atoms with van der Waals surface area (Å²) in [6, 6.07) is 10.7. The molecule has 1 aromatic carbocycles. The van der Waals surface area contributed by atoms with Crippen molar-refractivity contribution in [2.24, 2.45) is 5.41 Å². The molecule has 2 N–H and O–H groups in total. The van der Waals surface area contributed by atoms with Gasteiger partial charge in [-0.2, -0.15) is 10.4 Å². The second-order valence-corrected chi connectivity index (χ2v) is 10.6. The third kappa shape index (κ3) is 3.75. The molecule has 4 aromatic rings. The van der Waals surface area contributed by atoms with Gasteiger partial charge in [0.25, 0.3) is 0 Å². The summed E-state index contributed by atoms with van der Waals surface area (Å²) in [6.45, 7) is 5.91. The lowest BCUT2D eigenvalue weighted by molar-refractivity contribution is -0.149. The van der Waals surface area contributed by atoms with Crippen molar-refractivity contribution >= 4 is 28.0 Å². The number of aromatic amines is 1. The lowest BCUT2D eigenvalue weighted by Crippen LogP contribution is -2.32. The van der Waals surface area contributed by atoms with Gasteiger partial charge in [0.2, 0.25) is 0 Å². The second-order valence-electron chi connectivity index (χ2n) is 10.6. The molecule has 0 bridgehead atoms. The molecule has 0 spiro atoms. The Morgan fingerprint density at radius 1 is 1.31 bits per heavy atom. The molecular weight excluding hydrogens is 445 g/mol. The van der Waals surface area contributed by atoms with Gasteiger partial charge in [-0.3, -0.25) is 9.89 Å². The van der Waals surface area contributed by atoms with Crippen molar-refractivity contribution in [2.75, 3.05) is 0 Å². The number of benzene rings is 1. The van der Waals surface area contributed by atoms with Crippen molar-refractivity contribution in [3.63, 3.8) is 0 Å². The number of fused-ring (bicyclic) bond motifs is 2. The van der Waals surface area contributed by atoms with E-state index in [1.165, 1.54) is 12.1 Å². The summed E-state index contributed by atoms with van der Waals surface area (Å²) in [6.07, 6.45) is 4.58. The zero-order chi connectivity index (χ0) is 25.0. The number of carboxylic acid groups (broad SMARTS) is 1. The largest absolute Gasteiger partial charge is 0.481 e. The Hall–Kier alpha value is -3.73. The quantitative estimate of drug-likeness (QED) is 0.371. The van der Waals surface area contributed by atoms with Crippen LogP contribution in [0.3, 0.4) is 0 Å². The Kier molecular flexibility index (Phi) is 5.39. The number of H-pyrrole nitrogens is 1. The first-order chi connectivity index (χ1) is 16.6. The molecule has 35 heavy (non-hydrogen) atoms. The highest BCUT2D eigenvalue weighted by Crippen LogP contribution is 2.49. The van der Waals surface area contributed by atoms with Crippen LogP contribution in [0.1, 0.15) is 70.1 Å². The summed E-state index contributed by atoms with van der Waals surface area (Å²) in [4.78, 5) is 16.9. The second kappa shape index (κ2) is 8.19. The van der Waals surface area contributed by atoms with Gasteiger partial charge in [0.15, 0.2) is 5.65 Å². The summed E-state index contributed by atoms with van der Waals surface area (Å²) in [5.74, 6) is -0.988. The molecule has 8 heteroatoms. The van der Waals surface area contributed by atoms with E-state index in [0.717, 1.165) is 33.4 Å². The van der Waals surface area contributed by atoms with Gasteiger partial charge < -0.3 is 9.67 Å². The van der Waals surface area contributed by atoms with E-state index in [4.69, 9.17) is 4.98 Å². The van der Waals surface area contributed by atoms with E-state index in [1.54, 1.807) is 18.3 Å². The number of carboxylic acids is 1. The van der Waals surface area contributed by atoms with Crippen LogP contribution in [0, 0.1) is 22.6 Å². The number of nitrogens with one attached hydrogen (secondary N) is 1. The van der Waals surface area contributed by atoms with Gasteiger partial charge in [0.05, 0.1) is 28.7 Å². The number of halogens is 1. The predicted octanol–water partition coefficient (Wildman–Crippen LogP) is 5.98. The minimum absolute atomic E-state index is 0.0902. The highest BCUT2D eigenvalue weighted by Gasteiger charge is 2.41. The van der Waals surface area contributed by atoms with Crippen molar-refractivity contribution in [3.05, 3.63) is 53.6 Å². The van der Waals surface area contributed by atoms with Gasteiger partial charge in [-0.1, -0.05) is 13.8 Å². The molecule has 0 amide bonds. The topological polar surface area (TPSA) is 108 Å². The molecule has 0 saturated heterocycles. The first-order valence-corrected chi connectivity index (χ1v) is 11.9. The predicted molar refractivity (Wildman–Crippen MR) is 131 cm³/mol. The van der Waals surface area contributed by atoms with E-state index in [-0.39, 0.29) is 18.2 Å². The van der Waals surface area contributed by atoms with Crippen LogP contribution in [0.15, 0.2) is 36.5 Å². The van der Waals surface area contributed by atoms with E-state index in [0.29, 0.717) is 31.3 Å². The highest BCUT2D eigenvalue weighted by molar-refractivity contribution is 5.94. The third-order valence-corrected chi connectivity index (χ3v) is 7.64. The molecule has 7 nitrogen and oxygen atoms in total. The Labute approximate surface area is 202 Å². The van der Waals surface area contributed by atoms with Crippen LogP contribution >= 0.6 is 0 Å². The summed E-state index contributed by atoms with van der Waals surface area (Å²) >= 11 is 0. The lowest BCUT2D eigenvalue weighted by Gasteiger charge is -2.36. The molecule has 5 rings (SSSR count). The zero-order valence-electron chi connectivity index (χ0n) is 20.1. The van der Waals surface area contributed by atoms with Crippen LogP contribution in [0.4, 0.5) is 4.39 Å². The van der Waals surface area contributed by atoms with Crippen molar-refractivity contribution in [2.45, 2.75) is 64.2 Å². The molecule has 0 atom stereocenters. The fraction of sp³-hybridized carbons (Fsp3) is 0.407. The van der Waals surface area contributed by atoms with Crippen LogP contribution in [0.5, 0.6) is 0 Å². The fourth-order valence-corrected chi connectivity index (χ4v) is 5.54.